The van der Waals surface area contributed by atoms with Gasteiger partial charge in [-0.05, 0) is 29.8 Å². The predicted octanol–water partition coefficient (Wildman–Crippen LogP) is 3.78. The second-order valence-electron chi connectivity index (χ2n) is 4.96. The molecule has 1 amide bonds. The topological polar surface area (TPSA) is 56.8 Å². The molecule has 0 aliphatic heterocycles. The summed E-state index contributed by atoms with van der Waals surface area (Å²) in [5.41, 5.74) is 0.551. The molecule has 2 rings (SSSR count). The molecular formula is C17H16F3NO4. The number of hydrogen-bond acceptors (Lipinski definition) is 4. The Kier molecular flexibility index (Phi) is 5.74. The Labute approximate surface area is 142 Å². The molecule has 0 aromatic heterocycles. The zero-order valence-corrected chi connectivity index (χ0v) is 13.5. The van der Waals surface area contributed by atoms with Gasteiger partial charge in [0.2, 0.25) is 5.91 Å². The van der Waals surface area contributed by atoms with Crippen molar-refractivity contribution in [3.63, 3.8) is 0 Å². The number of anilines is 1. The van der Waals surface area contributed by atoms with E-state index in [2.05, 4.69) is 10.1 Å². The van der Waals surface area contributed by atoms with Gasteiger partial charge in [0.15, 0.2) is 17.2 Å². The van der Waals surface area contributed by atoms with Gasteiger partial charge < -0.3 is 19.5 Å². The molecule has 0 saturated carbocycles. The molecule has 0 radical (unpaired) electrons. The minimum absolute atomic E-state index is 0.0549. The Morgan fingerprint density at radius 3 is 2.32 bits per heavy atom. The quantitative estimate of drug-likeness (QED) is 0.857. The molecule has 5 nitrogen and oxygen atoms in total. The van der Waals surface area contributed by atoms with Crippen molar-refractivity contribution < 1.29 is 32.2 Å². The fourth-order valence-corrected chi connectivity index (χ4v) is 2.15. The zero-order valence-electron chi connectivity index (χ0n) is 13.5. The van der Waals surface area contributed by atoms with E-state index in [0.29, 0.717) is 17.1 Å². The smallest absolute Gasteiger partial charge is 0.493 e. The van der Waals surface area contributed by atoms with E-state index in [0.717, 1.165) is 6.07 Å². The van der Waals surface area contributed by atoms with Crippen molar-refractivity contribution in [2.45, 2.75) is 12.8 Å². The van der Waals surface area contributed by atoms with Gasteiger partial charge in [0, 0.05) is 0 Å². The van der Waals surface area contributed by atoms with Crippen LogP contribution in [0.2, 0.25) is 0 Å². The number of amides is 1. The van der Waals surface area contributed by atoms with Crippen LogP contribution in [-0.2, 0) is 11.2 Å². The van der Waals surface area contributed by atoms with Crippen LogP contribution < -0.4 is 19.5 Å². The highest BCUT2D eigenvalue weighted by molar-refractivity contribution is 5.93. The van der Waals surface area contributed by atoms with Crippen molar-refractivity contribution in [1.29, 1.82) is 0 Å². The Morgan fingerprint density at radius 1 is 1.00 bits per heavy atom. The number of alkyl halides is 3. The SMILES string of the molecule is COc1ccc(CC(=O)Nc2ccccc2OC(F)(F)F)cc1OC. The summed E-state index contributed by atoms with van der Waals surface area (Å²) in [5.74, 6) is -0.00899. The van der Waals surface area contributed by atoms with Gasteiger partial charge in [-0.1, -0.05) is 18.2 Å². The lowest BCUT2D eigenvalue weighted by molar-refractivity contribution is -0.274. The molecule has 0 atom stereocenters. The summed E-state index contributed by atoms with van der Waals surface area (Å²) in [7, 11) is 2.95. The first-order valence-corrected chi connectivity index (χ1v) is 7.18. The van der Waals surface area contributed by atoms with Gasteiger partial charge in [-0.25, -0.2) is 0 Å². The molecular weight excluding hydrogens is 339 g/mol. The lowest BCUT2D eigenvalue weighted by Gasteiger charge is -2.14. The van der Waals surface area contributed by atoms with Crippen molar-refractivity contribution in [2.75, 3.05) is 19.5 Å². The van der Waals surface area contributed by atoms with E-state index in [-0.39, 0.29) is 12.1 Å². The van der Waals surface area contributed by atoms with Gasteiger partial charge in [-0.15, -0.1) is 13.2 Å². The normalized spacial score (nSPS) is 10.9. The summed E-state index contributed by atoms with van der Waals surface area (Å²) in [5, 5.41) is 2.41. The van der Waals surface area contributed by atoms with Crippen LogP contribution in [0.4, 0.5) is 18.9 Å². The summed E-state index contributed by atoms with van der Waals surface area (Å²) >= 11 is 0. The van der Waals surface area contributed by atoms with Crippen molar-refractivity contribution in [1.82, 2.24) is 0 Å². The summed E-state index contributed by atoms with van der Waals surface area (Å²) in [6.45, 7) is 0. The van der Waals surface area contributed by atoms with E-state index in [1.165, 1.54) is 32.4 Å². The van der Waals surface area contributed by atoms with Crippen LogP contribution in [-0.4, -0.2) is 26.5 Å². The molecule has 25 heavy (non-hydrogen) atoms. The Hall–Kier alpha value is -2.90. The standard InChI is InChI=1S/C17H16F3NO4/c1-23-14-8-7-11(9-15(14)24-2)10-16(22)21-12-5-3-4-6-13(12)25-17(18,19)20/h3-9H,10H2,1-2H3,(H,21,22). The Bertz CT molecular complexity index is 747. The zero-order chi connectivity index (χ0) is 18.4. The first-order chi connectivity index (χ1) is 11.8. The molecule has 0 bridgehead atoms. The van der Waals surface area contributed by atoms with Crippen LogP contribution in [0.3, 0.4) is 0 Å². The van der Waals surface area contributed by atoms with Gasteiger partial charge in [0.25, 0.3) is 0 Å². The number of hydrogen-bond donors (Lipinski definition) is 1. The van der Waals surface area contributed by atoms with Gasteiger partial charge in [-0.3, -0.25) is 4.79 Å². The lowest BCUT2D eigenvalue weighted by atomic mass is 10.1. The van der Waals surface area contributed by atoms with E-state index in [9.17, 15) is 18.0 Å². The third-order valence-corrected chi connectivity index (χ3v) is 3.20. The molecule has 0 aliphatic rings. The molecule has 0 aliphatic carbocycles. The Morgan fingerprint density at radius 2 is 1.68 bits per heavy atom. The number of benzene rings is 2. The van der Waals surface area contributed by atoms with Crippen molar-refractivity contribution >= 4 is 11.6 Å². The third kappa shape index (κ3) is 5.30. The minimum Gasteiger partial charge on any atom is -0.493 e. The van der Waals surface area contributed by atoms with Crippen LogP contribution in [0.5, 0.6) is 17.2 Å². The average Bonchev–Trinajstić information content (AvgIpc) is 2.55. The van der Waals surface area contributed by atoms with Crippen LogP contribution in [0.1, 0.15) is 5.56 Å². The van der Waals surface area contributed by atoms with Gasteiger partial charge in [0.05, 0.1) is 26.3 Å². The molecule has 0 unspecified atom stereocenters. The largest absolute Gasteiger partial charge is 0.573 e. The number of carbonyl (C=O) groups excluding carboxylic acids is 1. The Balaban J connectivity index is 2.11. The maximum atomic E-state index is 12.4. The lowest BCUT2D eigenvalue weighted by Crippen LogP contribution is -2.20. The van der Waals surface area contributed by atoms with Gasteiger partial charge in [0.1, 0.15) is 0 Å². The molecule has 0 heterocycles. The van der Waals surface area contributed by atoms with Crippen LogP contribution in [0.15, 0.2) is 42.5 Å². The number of halogens is 3. The average molecular weight is 355 g/mol. The highest BCUT2D eigenvalue weighted by Crippen LogP contribution is 2.31. The fourth-order valence-electron chi connectivity index (χ4n) is 2.15. The maximum absolute atomic E-state index is 12.4. The molecule has 134 valence electrons. The van der Waals surface area contributed by atoms with E-state index >= 15 is 0 Å². The number of methoxy groups -OCH3 is 2. The van der Waals surface area contributed by atoms with Crippen LogP contribution in [0.25, 0.3) is 0 Å². The van der Waals surface area contributed by atoms with Gasteiger partial charge in [-0.2, -0.15) is 0 Å². The molecule has 0 saturated heterocycles. The van der Waals surface area contributed by atoms with E-state index in [1.807, 2.05) is 0 Å². The number of rotatable bonds is 6. The number of nitrogens with one attached hydrogen (secondary N) is 1. The second kappa shape index (κ2) is 7.78. The molecule has 2 aromatic rings. The highest BCUT2D eigenvalue weighted by Gasteiger charge is 2.32. The number of carbonyl (C=O) groups is 1. The second-order valence-corrected chi connectivity index (χ2v) is 4.96. The summed E-state index contributed by atoms with van der Waals surface area (Å²) in [6, 6.07) is 10.3. The van der Waals surface area contributed by atoms with Crippen molar-refractivity contribution in [2.24, 2.45) is 0 Å². The number of ether oxygens (including phenoxy) is 3. The third-order valence-electron chi connectivity index (χ3n) is 3.20. The molecule has 8 heteroatoms. The first kappa shape index (κ1) is 18.4. The summed E-state index contributed by atoms with van der Waals surface area (Å²) in [4.78, 5) is 12.1. The van der Waals surface area contributed by atoms with E-state index < -0.39 is 18.0 Å². The summed E-state index contributed by atoms with van der Waals surface area (Å²) in [6.07, 6.45) is -4.90. The summed E-state index contributed by atoms with van der Waals surface area (Å²) < 4.78 is 51.4. The fraction of sp³-hybridized carbons (Fsp3) is 0.235. The first-order valence-electron chi connectivity index (χ1n) is 7.18. The highest BCUT2D eigenvalue weighted by atomic mass is 19.4. The molecule has 2 aromatic carbocycles. The van der Waals surface area contributed by atoms with Crippen molar-refractivity contribution in [3.05, 3.63) is 48.0 Å². The molecule has 1 N–H and O–H groups in total. The van der Waals surface area contributed by atoms with Crippen LogP contribution >= 0.6 is 0 Å². The predicted molar refractivity (Wildman–Crippen MR) is 85.0 cm³/mol. The maximum Gasteiger partial charge on any atom is 0.573 e. The van der Waals surface area contributed by atoms with Gasteiger partial charge >= 0.3 is 6.36 Å². The molecule has 0 spiro atoms. The number of para-hydroxylation sites is 2. The van der Waals surface area contributed by atoms with E-state index in [4.69, 9.17) is 9.47 Å². The monoisotopic (exact) mass is 355 g/mol. The minimum atomic E-state index is -4.84. The van der Waals surface area contributed by atoms with Crippen LogP contribution in [0, 0.1) is 0 Å². The van der Waals surface area contributed by atoms with E-state index in [1.54, 1.807) is 18.2 Å². The van der Waals surface area contributed by atoms with Crippen molar-refractivity contribution in [3.8, 4) is 17.2 Å². The molecule has 0 fully saturated rings.